The molecular formula is C30H25ClN4O4. The van der Waals surface area contributed by atoms with Gasteiger partial charge in [0.15, 0.2) is 11.5 Å². The average molecular weight is 541 g/mol. The van der Waals surface area contributed by atoms with E-state index in [-0.39, 0.29) is 17.3 Å². The van der Waals surface area contributed by atoms with Crippen LogP contribution in [0.2, 0.25) is 5.02 Å². The Hall–Kier alpha value is -4.56. The normalized spacial score (nSPS) is 15.6. The van der Waals surface area contributed by atoms with Crippen LogP contribution >= 0.6 is 11.6 Å². The van der Waals surface area contributed by atoms with E-state index in [1.807, 2.05) is 48.5 Å². The minimum atomic E-state index is -0.937. The Labute approximate surface area is 229 Å². The molecule has 3 heterocycles. The Morgan fingerprint density at radius 2 is 1.82 bits per heavy atom. The molecule has 0 radical (unpaired) electrons. The number of H-pyrrole nitrogens is 1. The van der Waals surface area contributed by atoms with Gasteiger partial charge in [0.2, 0.25) is 11.7 Å². The summed E-state index contributed by atoms with van der Waals surface area (Å²) < 4.78 is 5.82. The number of nitrogens with one attached hydrogen (secondary N) is 1. The van der Waals surface area contributed by atoms with Gasteiger partial charge in [-0.2, -0.15) is 0 Å². The first-order valence-corrected chi connectivity index (χ1v) is 13.1. The number of imidazole rings is 1. The van der Waals surface area contributed by atoms with Crippen molar-refractivity contribution in [2.75, 3.05) is 22.9 Å². The summed E-state index contributed by atoms with van der Waals surface area (Å²) in [7, 11) is 0. The zero-order valence-corrected chi connectivity index (χ0v) is 22.1. The molecule has 0 bridgehead atoms. The maximum absolute atomic E-state index is 13.9. The fourth-order valence-corrected chi connectivity index (χ4v) is 5.32. The minimum absolute atomic E-state index is 0.00201. The fourth-order valence-electron chi connectivity index (χ4n) is 5.14. The Morgan fingerprint density at radius 3 is 2.54 bits per heavy atom. The first kappa shape index (κ1) is 24.8. The number of Topliss-reactive ketones (excluding diaryl/α,β-unsaturated/α-hetero) is 1. The number of para-hydroxylation sites is 2. The molecule has 0 saturated heterocycles. The van der Waals surface area contributed by atoms with Crippen molar-refractivity contribution < 1.29 is 19.1 Å². The number of aliphatic hydroxyl groups is 1. The Bertz CT molecular complexity index is 1730. The summed E-state index contributed by atoms with van der Waals surface area (Å²) in [5.41, 5.74) is 3.43. The predicted octanol–water partition coefficient (Wildman–Crippen LogP) is 6.59. The Balaban J connectivity index is 1.48. The van der Waals surface area contributed by atoms with Gasteiger partial charge in [-0.05, 0) is 67.9 Å². The van der Waals surface area contributed by atoms with Crippen molar-refractivity contribution in [3.05, 3.63) is 100 Å². The summed E-state index contributed by atoms with van der Waals surface area (Å²) in [6.45, 7) is 5.83. The largest absolute Gasteiger partial charge is 0.503 e. The number of ketones is 1. The predicted molar refractivity (Wildman–Crippen MR) is 152 cm³/mol. The lowest BCUT2D eigenvalue weighted by molar-refractivity contribution is -0.117. The van der Waals surface area contributed by atoms with E-state index < -0.39 is 23.5 Å². The molecule has 2 N–H and O–H groups in total. The van der Waals surface area contributed by atoms with Crippen LogP contribution in [0, 0.1) is 0 Å². The fraction of sp³-hybridized carbons (Fsp3) is 0.167. The van der Waals surface area contributed by atoms with E-state index in [0.717, 1.165) is 24.3 Å². The van der Waals surface area contributed by atoms with Gasteiger partial charge in [0.05, 0.1) is 22.6 Å². The molecule has 2 aromatic heterocycles. The van der Waals surface area contributed by atoms with Gasteiger partial charge in [0, 0.05) is 29.2 Å². The molecule has 1 amide bonds. The summed E-state index contributed by atoms with van der Waals surface area (Å²) in [6, 6.07) is 20.7. The van der Waals surface area contributed by atoms with Crippen LogP contribution in [-0.2, 0) is 4.79 Å². The van der Waals surface area contributed by atoms with Gasteiger partial charge in [-0.25, -0.2) is 4.98 Å². The molecule has 196 valence electrons. The Kier molecular flexibility index (Phi) is 6.12. The van der Waals surface area contributed by atoms with Crippen LogP contribution in [0.3, 0.4) is 0 Å². The number of nitrogens with zero attached hydrogens (tertiary/aromatic N) is 3. The molecule has 0 spiro atoms. The van der Waals surface area contributed by atoms with Crippen molar-refractivity contribution >= 4 is 56.9 Å². The minimum Gasteiger partial charge on any atom is -0.503 e. The highest BCUT2D eigenvalue weighted by atomic mass is 35.5. The van der Waals surface area contributed by atoms with Crippen molar-refractivity contribution in [2.24, 2.45) is 0 Å². The van der Waals surface area contributed by atoms with Crippen LogP contribution in [0.25, 0.3) is 22.0 Å². The number of fused-ring (bicyclic) bond motifs is 2. The topological polar surface area (TPSA) is 103 Å². The summed E-state index contributed by atoms with van der Waals surface area (Å²) in [5, 5.41) is 12.3. The number of hydrogen-bond acceptors (Lipinski definition) is 6. The van der Waals surface area contributed by atoms with E-state index in [4.69, 9.17) is 16.0 Å². The van der Waals surface area contributed by atoms with E-state index in [1.54, 1.807) is 24.3 Å². The number of halogens is 1. The van der Waals surface area contributed by atoms with Crippen LogP contribution in [0.15, 0.2) is 88.5 Å². The van der Waals surface area contributed by atoms with Gasteiger partial charge in [0.25, 0.3) is 5.91 Å². The molecular weight excluding hydrogens is 516 g/mol. The number of carbonyl (C=O) groups excluding carboxylic acids is 2. The molecule has 3 aromatic carbocycles. The molecule has 0 saturated carbocycles. The molecule has 5 aromatic rings. The standard InChI is InChI=1S/C30H25ClN4O4/c1-3-34(4-2)20-12-9-17(10-13-20)26-25(27(36)24-16-18-15-19(31)11-14-23(18)39-24)28(37)29(38)35(26)30-32-21-7-5-6-8-22(21)33-30/h5-16,26,37H,3-4H2,1-2H3,(H,32,33). The van der Waals surface area contributed by atoms with Crippen molar-refractivity contribution in [1.29, 1.82) is 0 Å². The number of hydrogen-bond donors (Lipinski definition) is 2. The van der Waals surface area contributed by atoms with Gasteiger partial charge in [0.1, 0.15) is 5.58 Å². The molecule has 1 aliphatic heterocycles. The second-order valence-electron chi connectivity index (χ2n) is 9.30. The summed E-state index contributed by atoms with van der Waals surface area (Å²) in [5.74, 6) is -1.74. The number of aliphatic hydroxyl groups excluding tert-OH is 1. The number of rotatable bonds is 7. The lowest BCUT2D eigenvalue weighted by Crippen LogP contribution is -2.32. The number of furan rings is 1. The number of carbonyl (C=O) groups is 2. The maximum atomic E-state index is 13.9. The van der Waals surface area contributed by atoms with E-state index >= 15 is 0 Å². The van der Waals surface area contributed by atoms with Gasteiger partial charge in [-0.1, -0.05) is 35.9 Å². The summed E-state index contributed by atoms with van der Waals surface area (Å²) >= 11 is 6.12. The van der Waals surface area contributed by atoms with Crippen LogP contribution in [0.4, 0.5) is 11.6 Å². The van der Waals surface area contributed by atoms with Crippen molar-refractivity contribution in [3.8, 4) is 0 Å². The van der Waals surface area contributed by atoms with Gasteiger partial charge in [-0.3, -0.25) is 14.5 Å². The summed E-state index contributed by atoms with van der Waals surface area (Å²) in [6.07, 6.45) is 0. The van der Waals surface area contributed by atoms with E-state index in [2.05, 4.69) is 28.7 Å². The van der Waals surface area contributed by atoms with Gasteiger partial charge >= 0.3 is 0 Å². The first-order chi connectivity index (χ1) is 18.9. The van der Waals surface area contributed by atoms with Crippen LogP contribution in [0.5, 0.6) is 0 Å². The highest BCUT2D eigenvalue weighted by molar-refractivity contribution is 6.31. The van der Waals surface area contributed by atoms with E-state index in [9.17, 15) is 14.7 Å². The molecule has 0 aliphatic carbocycles. The first-order valence-electron chi connectivity index (χ1n) is 12.7. The van der Waals surface area contributed by atoms with Crippen LogP contribution in [-0.4, -0.2) is 39.9 Å². The SMILES string of the molecule is CCN(CC)c1ccc(C2C(C(=O)c3cc4cc(Cl)ccc4o3)=C(O)C(=O)N2c2nc3ccccc3[nH]2)cc1. The quantitative estimate of drug-likeness (QED) is 0.226. The zero-order chi connectivity index (χ0) is 27.3. The molecule has 0 fully saturated rings. The number of anilines is 2. The van der Waals surface area contributed by atoms with Crippen LogP contribution in [0.1, 0.15) is 36.0 Å². The smallest absolute Gasteiger partial charge is 0.296 e. The molecule has 1 unspecified atom stereocenters. The third kappa shape index (κ3) is 4.13. The van der Waals surface area contributed by atoms with Gasteiger partial charge < -0.3 is 19.4 Å². The molecule has 8 nitrogen and oxygen atoms in total. The average Bonchev–Trinajstić information content (AvgIpc) is 3.63. The lowest BCUT2D eigenvalue weighted by Gasteiger charge is -2.26. The lowest BCUT2D eigenvalue weighted by atomic mass is 9.95. The molecule has 1 aliphatic rings. The highest BCUT2D eigenvalue weighted by Gasteiger charge is 2.46. The number of aromatic amines is 1. The highest BCUT2D eigenvalue weighted by Crippen LogP contribution is 2.42. The van der Waals surface area contributed by atoms with Crippen molar-refractivity contribution in [3.63, 3.8) is 0 Å². The van der Waals surface area contributed by atoms with E-state index in [1.165, 1.54) is 4.90 Å². The molecule has 9 heteroatoms. The molecule has 39 heavy (non-hydrogen) atoms. The van der Waals surface area contributed by atoms with E-state index in [0.29, 0.717) is 27.1 Å². The van der Waals surface area contributed by atoms with Crippen LogP contribution < -0.4 is 9.80 Å². The molecule has 6 rings (SSSR count). The van der Waals surface area contributed by atoms with Gasteiger partial charge in [-0.15, -0.1) is 0 Å². The third-order valence-corrected chi connectivity index (χ3v) is 7.33. The zero-order valence-electron chi connectivity index (χ0n) is 21.3. The third-order valence-electron chi connectivity index (χ3n) is 7.10. The second kappa shape index (κ2) is 9.63. The Morgan fingerprint density at radius 1 is 1.08 bits per heavy atom. The number of amides is 1. The van der Waals surface area contributed by atoms with Crippen molar-refractivity contribution in [1.82, 2.24) is 9.97 Å². The molecule has 1 atom stereocenters. The van der Waals surface area contributed by atoms with Crippen molar-refractivity contribution in [2.45, 2.75) is 19.9 Å². The number of benzene rings is 3. The monoisotopic (exact) mass is 540 g/mol. The maximum Gasteiger partial charge on any atom is 0.296 e. The summed E-state index contributed by atoms with van der Waals surface area (Å²) in [4.78, 5) is 38.7. The number of aromatic nitrogens is 2. The second-order valence-corrected chi connectivity index (χ2v) is 9.74.